The zero-order chi connectivity index (χ0) is 22.1. The van der Waals surface area contributed by atoms with Crippen LogP contribution in [0.15, 0.2) is 60.7 Å². The van der Waals surface area contributed by atoms with E-state index in [4.69, 9.17) is 0 Å². The average molecular weight is 413 g/mol. The predicted octanol–water partition coefficient (Wildman–Crippen LogP) is 7.20. The quantitative estimate of drug-likeness (QED) is 0.307. The molecule has 31 heavy (non-hydrogen) atoms. The van der Waals surface area contributed by atoms with Crippen molar-refractivity contribution in [3.8, 4) is 23.7 Å². The van der Waals surface area contributed by atoms with Crippen LogP contribution in [0.5, 0.6) is 0 Å². The summed E-state index contributed by atoms with van der Waals surface area (Å²) in [6.07, 6.45) is 6.08. The van der Waals surface area contributed by atoms with Gasteiger partial charge in [-0.05, 0) is 73.4 Å². The van der Waals surface area contributed by atoms with Crippen molar-refractivity contribution >= 4 is 0 Å². The molecule has 0 aliphatic heterocycles. The van der Waals surface area contributed by atoms with Crippen LogP contribution in [0.4, 0.5) is 8.78 Å². The summed E-state index contributed by atoms with van der Waals surface area (Å²) in [7, 11) is 0. The standard InChI is InChI=1S/C29H26F2/c1-3-4-5-6-7-23-10-12-24(13-11-23)16-18-27-19-17-26(21-29(27)31)15-14-25-9-8-22(2)28(30)20-25/h8-13,17,19-21H,3-7H2,1-2H3. The van der Waals surface area contributed by atoms with Gasteiger partial charge >= 0.3 is 0 Å². The molecule has 0 amide bonds. The monoisotopic (exact) mass is 412 g/mol. The van der Waals surface area contributed by atoms with Crippen molar-refractivity contribution in [3.63, 3.8) is 0 Å². The second-order valence-corrected chi connectivity index (χ2v) is 7.67. The highest BCUT2D eigenvalue weighted by atomic mass is 19.1. The lowest BCUT2D eigenvalue weighted by molar-refractivity contribution is 0.618. The van der Waals surface area contributed by atoms with Crippen LogP contribution in [-0.4, -0.2) is 0 Å². The van der Waals surface area contributed by atoms with Gasteiger partial charge in [-0.25, -0.2) is 8.78 Å². The lowest BCUT2D eigenvalue weighted by Gasteiger charge is -2.01. The summed E-state index contributed by atoms with van der Waals surface area (Å²) in [5.74, 6) is 11.0. The fourth-order valence-electron chi connectivity index (χ4n) is 3.16. The number of hydrogen-bond acceptors (Lipinski definition) is 0. The Morgan fingerprint density at radius 1 is 0.645 bits per heavy atom. The van der Waals surface area contributed by atoms with Crippen LogP contribution in [0, 0.1) is 42.2 Å². The van der Waals surface area contributed by atoms with E-state index in [0.717, 1.165) is 12.0 Å². The van der Waals surface area contributed by atoms with Crippen LogP contribution in [0.25, 0.3) is 0 Å². The number of halogens is 2. The topological polar surface area (TPSA) is 0 Å². The summed E-state index contributed by atoms with van der Waals surface area (Å²) in [5.41, 5.74) is 4.15. The highest BCUT2D eigenvalue weighted by Gasteiger charge is 2.01. The minimum Gasteiger partial charge on any atom is -0.207 e. The maximum Gasteiger partial charge on any atom is 0.140 e. The Hall–Kier alpha value is -3.36. The van der Waals surface area contributed by atoms with Crippen LogP contribution in [0.3, 0.4) is 0 Å². The molecule has 0 unspecified atom stereocenters. The fraction of sp³-hybridized carbons (Fsp3) is 0.241. The SMILES string of the molecule is CCCCCCc1ccc(C#Cc2ccc(C#Cc3ccc(C)c(F)c3)cc2F)cc1. The summed E-state index contributed by atoms with van der Waals surface area (Å²) < 4.78 is 28.0. The molecule has 2 heteroatoms. The first kappa shape index (κ1) is 22.3. The minimum atomic E-state index is -0.415. The zero-order valence-corrected chi connectivity index (χ0v) is 18.1. The molecule has 0 fully saturated rings. The van der Waals surface area contributed by atoms with E-state index in [0.29, 0.717) is 22.3 Å². The van der Waals surface area contributed by atoms with E-state index in [2.05, 4.69) is 42.7 Å². The van der Waals surface area contributed by atoms with Gasteiger partial charge in [-0.3, -0.25) is 0 Å². The second kappa shape index (κ2) is 11.1. The first-order valence-corrected chi connectivity index (χ1v) is 10.7. The van der Waals surface area contributed by atoms with Crippen molar-refractivity contribution in [1.82, 2.24) is 0 Å². The van der Waals surface area contributed by atoms with Gasteiger partial charge in [-0.1, -0.05) is 68.1 Å². The summed E-state index contributed by atoms with van der Waals surface area (Å²) in [5, 5.41) is 0. The third kappa shape index (κ3) is 6.84. The molecule has 0 aromatic heterocycles. The highest BCUT2D eigenvalue weighted by molar-refractivity contribution is 5.49. The fourth-order valence-corrected chi connectivity index (χ4v) is 3.16. The van der Waals surface area contributed by atoms with Gasteiger partial charge in [0.15, 0.2) is 0 Å². The van der Waals surface area contributed by atoms with Crippen molar-refractivity contribution in [2.24, 2.45) is 0 Å². The summed E-state index contributed by atoms with van der Waals surface area (Å²) in [6.45, 7) is 3.91. The van der Waals surface area contributed by atoms with Gasteiger partial charge in [0.2, 0.25) is 0 Å². The molecule has 3 aromatic rings. The predicted molar refractivity (Wildman–Crippen MR) is 124 cm³/mol. The molecular formula is C29H26F2. The van der Waals surface area contributed by atoms with E-state index in [1.54, 1.807) is 31.2 Å². The molecule has 0 aliphatic rings. The largest absolute Gasteiger partial charge is 0.207 e. The molecule has 0 bridgehead atoms. The lowest BCUT2D eigenvalue weighted by Crippen LogP contribution is -1.88. The number of rotatable bonds is 5. The van der Waals surface area contributed by atoms with E-state index in [-0.39, 0.29) is 5.82 Å². The Morgan fingerprint density at radius 3 is 1.90 bits per heavy atom. The second-order valence-electron chi connectivity index (χ2n) is 7.67. The van der Waals surface area contributed by atoms with E-state index in [9.17, 15) is 8.78 Å². The molecule has 0 heterocycles. The Bertz CT molecular complexity index is 1150. The number of aryl methyl sites for hydroxylation is 2. The van der Waals surface area contributed by atoms with Gasteiger partial charge in [-0.15, -0.1) is 0 Å². The van der Waals surface area contributed by atoms with Crippen LogP contribution >= 0.6 is 0 Å². The zero-order valence-electron chi connectivity index (χ0n) is 18.1. The van der Waals surface area contributed by atoms with Gasteiger partial charge in [-0.2, -0.15) is 0 Å². The van der Waals surface area contributed by atoms with Gasteiger partial charge in [0.05, 0.1) is 5.56 Å². The lowest BCUT2D eigenvalue weighted by atomic mass is 10.0. The Kier molecular flexibility index (Phi) is 8.03. The molecule has 0 N–H and O–H groups in total. The molecule has 0 saturated carbocycles. The molecule has 0 saturated heterocycles. The summed E-state index contributed by atoms with van der Waals surface area (Å²) in [6, 6.07) is 17.7. The first-order chi connectivity index (χ1) is 15.0. The Balaban J connectivity index is 1.65. The molecule has 0 nitrogen and oxygen atoms in total. The van der Waals surface area contributed by atoms with Crippen molar-refractivity contribution in [2.45, 2.75) is 46.0 Å². The smallest absolute Gasteiger partial charge is 0.140 e. The van der Waals surface area contributed by atoms with Crippen LogP contribution in [-0.2, 0) is 6.42 Å². The Labute approximate surface area is 184 Å². The maximum atomic E-state index is 14.4. The molecule has 0 atom stereocenters. The molecule has 156 valence electrons. The Morgan fingerprint density at radius 2 is 1.26 bits per heavy atom. The third-order valence-corrected chi connectivity index (χ3v) is 5.11. The molecule has 0 spiro atoms. The van der Waals surface area contributed by atoms with E-state index in [1.165, 1.54) is 43.4 Å². The maximum absolute atomic E-state index is 14.4. The summed E-state index contributed by atoms with van der Waals surface area (Å²) >= 11 is 0. The third-order valence-electron chi connectivity index (χ3n) is 5.11. The molecular weight excluding hydrogens is 386 g/mol. The van der Waals surface area contributed by atoms with Gasteiger partial charge < -0.3 is 0 Å². The van der Waals surface area contributed by atoms with Crippen LogP contribution in [0.1, 0.15) is 66.0 Å². The normalized spacial score (nSPS) is 10.1. The average Bonchev–Trinajstić information content (AvgIpc) is 2.78. The van der Waals surface area contributed by atoms with E-state index < -0.39 is 5.82 Å². The van der Waals surface area contributed by atoms with Crippen molar-refractivity contribution in [2.75, 3.05) is 0 Å². The molecule has 3 aromatic carbocycles. The van der Waals surface area contributed by atoms with Crippen LogP contribution in [0.2, 0.25) is 0 Å². The number of benzene rings is 3. The molecule has 0 radical (unpaired) electrons. The van der Waals surface area contributed by atoms with Crippen LogP contribution < -0.4 is 0 Å². The number of hydrogen-bond donors (Lipinski definition) is 0. The molecule has 0 aliphatic carbocycles. The van der Waals surface area contributed by atoms with Gasteiger partial charge in [0.1, 0.15) is 11.6 Å². The van der Waals surface area contributed by atoms with Crippen molar-refractivity contribution in [1.29, 1.82) is 0 Å². The number of unbranched alkanes of at least 4 members (excludes halogenated alkanes) is 3. The summed E-state index contributed by atoms with van der Waals surface area (Å²) in [4.78, 5) is 0. The first-order valence-electron chi connectivity index (χ1n) is 10.7. The van der Waals surface area contributed by atoms with Crippen molar-refractivity contribution < 1.29 is 8.78 Å². The highest BCUT2D eigenvalue weighted by Crippen LogP contribution is 2.12. The van der Waals surface area contributed by atoms with E-state index in [1.807, 2.05) is 12.1 Å². The van der Waals surface area contributed by atoms with E-state index >= 15 is 0 Å². The van der Waals surface area contributed by atoms with Gasteiger partial charge in [0.25, 0.3) is 0 Å². The minimum absolute atomic E-state index is 0.298. The molecule has 3 rings (SSSR count). The van der Waals surface area contributed by atoms with Gasteiger partial charge in [0, 0.05) is 16.7 Å². The van der Waals surface area contributed by atoms with Crippen molar-refractivity contribution in [3.05, 3.63) is 106 Å².